The van der Waals surface area contributed by atoms with E-state index in [-0.39, 0.29) is 28.5 Å². The van der Waals surface area contributed by atoms with E-state index in [1.54, 1.807) is 48.7 Å². The van der Waals surface area contributed by atoms with Gasteiger partial charge in [-0.3, -0.25) is 9.00 Å². The highest BCUT2D eigenvalue weighted by atomic mass is 32.2. The van der Waals surface area contributed by atoms with Crippen molar-refractivity contribution in [2.24, 2.45) is 5.14 Å². The molecular formula is C37H31F4N3O5S2. The quantitative estimate of drug-likeness (QED) is 0.163. The SMILES string of the molecule is CC1=C(CC(=O)O)c2cc(F)ccc2/C1=C\c1ccc(S(C)=O)cc1.Cc1ccc(-c2cc(C(F)(F)F)nn2-c2ccc(S(N)(=O)=O)cc2)cc1. The molecule has 0 spiro atoms. The first-order valence-corrected chi connectivity index (χ1v) is 18.3. The zero-order valence-electron chi connectivity index (χ0n) is 27.4. The molecular weight excluding hydrogens is 707 g/mol. The number of sulfonamides is 1. The number of halogens is 4. The van der Waals surface area contributed by atoms with Crippen LogP contribution in [0.1, 0.15) is 41.3 Å². The fourth-order valence-electron chi connectivity index (χ4n) is 5.48. The van der Waals surface area contributed by atoms with Gasteiger partial charge in [-0.15, -0.1) is 0 Å². The first-order chi connectivity index (χ1) is 23.9. The Bertz CT molecular complexity index is 2310. The van der Waals surface area contributed by atoms with Gasteiger partial charge in [0.1, 0.15) is 5.82 Å². The number of fused-ring (bicyclic) bond motifs is 1. The summed E-state index contributed by atoms with van der Waals surface area (Å²) in [6.07, 6.45) is -1.18. The fraction of sp³-hybridized carbons (Fsp3) is 0.135. The number of hydrogen-bond acceptors (Lipinski definition) is 5. The van der Waals surface area contributed by atoms with Crippen LogP contribution >= 0.6 is 0 Å². The molecule has 0 saturated carbocycles. The van der Waals surface area contributed by atoms with E-state index in [1.807, 2.05) is 32.1 Å². The first-order valence-electron chi connectivity index (χ1n) is 15.2. The zero-order valence-corrected chi connectivity index (χ0v) is 29.0. The molecule has 5 aromatic rings. The summed E-state index contributed by atoms with van der Waals surface area (Å²) < 4.78 is 88.3. The highest BCUT2D eigenvalue weighted by molar-refractivity contribution is 7.89. The van der Waals surface area contributed by atoms with Crippen LogP contribution in [0.4, 0.5) is 17.6 Å². The molecule has 8 nitrogen and oxygen atoms in total. The van der Waals surface area contributed by atoms with Gasteiger partial charge in [0.25, 0.3) is 0 Å². The maximum atomic E-state index is 13.7. The van der Waals surface area contributed by atoms with Crippen LogP contribution in [0.5, 0.6) is 0 Å². The van der Waals surface area contributed by atoms with E-state index in [2.05, 4.69) is 5.10 Å². The number of carboxylic acids is 1. The summed E-state index contributed by atoms with van der Waals surface area (Å²) >= 11 is 0. The number of aryl methyl sites for hydroxylation is 1. The van der Waals surface area contributed by atoms with Crippen molar-refractivity contribution in [2.45, 2.75) is 36.2 Å². The van der Waals surface area contributed by atoms with Gasteiger partial charge in [-0.25, -0.2) is 22.6 Å². The molecule has 4 aromatic carbocycles. The van der Waals surface area contributed by atoms with Gasteiger partial charge in [-0.2, -0.15) is 18.3 Å². The molecule has 1 aromatic heterocycles. The Kier molecular flexibility index (Phi) is 10.6. The number of nitrogens with zero attached hydrogens (tertiary/aromatic N) is 2. The number of alkyl halides is 3. The molecule has 1 aliphatic rings. The van der Waals surface area contributed by atoms with Crippen molar-refractivity contribution in [3.63, 3.8) is 0 Å². The number of rotatable bonds is 7. The van der Waals surface area contributed by atoms with Crippen molar-refractivity contribution in [3.8, 4) is 16.9 Å². The molecule has 1 unspecified atom stereocenters. The number of aromatic nitrogens is 2. The minimum atomic E-state index is -4.61. The van der Waals surface area contributed by atoms with E-state index >= 15 is 0 Å². The number of hydrogen-bond donors (Lipinski definition) is 2. The van der Waals surface area contributed by atoms with Crippen molar-refractivity contribution in [1.29, 1.82) is 0 Å². The van der Waals surface area contributed by atoms with Gasteiger partial charge in [0.05, 0.1) is 22.7 Å². The van der Waals surface area contributed by atoms with E-state index in [0.29, 0.717) is 16.7 Å². The second-order valence-corrected chi connectivity index (χ2v) is 14.6. The number of primary sulfonamides is 1. The topological polar surface area (TPSA) is 132 Å². The van der Waals surface area contributed by atoms with Crippen molar-refractivity contribution >= 4 is 44.0 Å². The number of carboxylic acid groups (broad SMARTS) is 1. The summed E-state index contributed by atoms with van der Waals surface area (Å²) in [5.74, 6) is -1.33. The molecule has 6 rings (SSSR count). The molecule has 1 aliphatic carbocycles. The molecule has 1 heterocycles. The van der Waals surface area contributed by atoms with Crippen LogP contribution in [0.2, 0.25) is 0 Å². The maximum absolute atomic E-state index is 13.7. The lowest BCUT2D eigenvalue weighted by molar-refractivity contribution is -0.141. The summed E-state index contributed by atoms with van der Waals surface area (Å²) in [6, 6.07) is 24.9. The average molecular weight is 738 g/mol. The third kappa shape index (κ3) is 8.59. The Balaban J connectivity index is 0.000000198. The van der Waals surface area contributed by atoms with Gasteiger partial charge >= 0.3 is 12.1 Å². The first kappa shape index (κ1) is 37.1. The molecule has 1 atom stereocenters. The minimum Gasteiger partial charge on any atom is -0.481 e. The number of allylic oxidation sites excluding steroid dienone is 2. The lowest BCUT2D eigenvalue weighted by Crippen LogP contribution is -2.12. The number of carbonyl (C=O) groups is 1. The average Bonchev–Trinajstić information content (AvgIpc) is 3.62. The van der Waals surface area contributed by atoms with E-state index in [1.165, 1.54) is 36.4 Å². The standard InChI is InChI=1S/C20H17FO3S.C17H14F3N3O2S/c1-12-17(9-13-3-6-15(7-4-13)25(2)24)16-8-5-14(21)10-19(16)18(12)11-20(22)23;1-11-2-4-12(5-3-11)15-10-16(17(18,19)20)22-23(15)13-6-8-14(9-7-13)26(21,24)25/h3-10H,11H2,1-2H3,(H,22,23);2-10H,1H3,(H2,21,24,25)/b17-9-;. The molecule has 264 valence electrons. The fourth-order valence-corrected chi connectivity index (χ4v) is 6.51. The third-order valence-corrected chi connectivity index (χ3v) is 9.93. The van der Waals surface area contributed by atoms with E-state index < -0.39 is 38.7 Å². The Morgan fingerprint density at radius 1 is 0.922 bits per heavy atom. The molecule has 14 heteroatoms. The predicted octanol–water partition coefficient (Wildman–Crippen LogP) is 7.88. The van der Waals surface area contributed by atoms with Crippen LogP contribution in [0.15, 0.2) is 112 Å². The predicted molar refractivity (Wildman–Crippen MR) is 188 cm³/mol. The van der Waals surface area contributed by atoms with Crippen LogP contribution in [0, 0.1) is 12.7 Å². The highest BCUT2D eigenvalue weighted by Crippen LogP contribution is 2.44. The van der Waals surface area contributed by atoms with E-state index in [0.717, 1.165) is 43.5 Å². The highest BCUT2D eigenvalue weighted by Gasteiger charge is 2.35. The molecule has 0 saturated heterocycles. The molecule has 0 amide bonds. The van der Waals surface area contributed by atoms with Crippen LogP contribution in [-0.4, -0.2) is 39.7 Å². The van der Waals surface area contributed by atoms with Crippen LogP contribution < -0.4 is 5.14 Å². The number of nitrogens with two attached hydrogens (primary N) is 1. The summed E-state index contributed by atoms with van der Waals surface area (Å²) in [4.78, 5) is 11.8. The monoisotopic (exact) mass is 737 g/mol. The second-order valence-electron chi connectivity index (χ2n) is 11.7. The van der Waals surface area contributed by atoms with Gasteiger partial charge in [0.15, 0.2) is 5.69 Å². The summed E-state index contributed by atoms with van der Waals surface area (Å²) in [6.45, 7) is 3.73. The van der Waals surface area contributed by atoms with Gasteiger partial charge in [-0.1, -0.05) is 48.0 Å². The Hall–Kier alpha value is -5.18. The molecule has 3 N–H and O–H groups in total. The van der Waals surface area contributed by atoms with Crippen molar-refractivity contribution < 1.29 is 40.1 Å². The Morgan fingerprint density at radius 2 is 1.55 bits per heavy atom. The minimum absolute atomic E-state index is 0.138. The molecule has 0 fully saturated rings. The van der Waals surface area contributed by atoms with Crippen molar-refractivity contribution in [1.82, 2.24) is 9.78 Å². The van der Waals surface area contributed by atoms with Crippen molar-refractivity contribution in [2.75, 3.05) is 6.26 Å². The van der Waals surface area contributed by atoms with Crippen molar-refractivity contribution in [3.05, 3.63) is 136 Å². The molecule has 51 heavy (non-hydrogen) atoms. The van der Waals surface area contributed by atoms with Gasteiger partial charge in [0, 0.05) is 27.5 Å². The molecule has 0 bridgehead atoms. The summed E-state index contributed by atoms with van der Waals surface area (Å²) in [7, 11) is -4.93. The van der Waals surface area contributed by atoms with E-state index in [9.17, 15) is 35.0 Å². The van der Waals surface area contributed by atoms with Gasteiger partial charge in [0.2, 0.25) is 10.0 Å². The van der Waals surface area contributed by atoms with Gasteiger partial charge in [-0.05, 0) is 108 Å². The normalized spacial score (nSPS) is 14.2. The van der Waals surface area contributed by atoms with Crippen LogP contribution in [0.3, 0.4) is 0 Å². The van der Waals surface area contributed by atoms with Crippen LogP contribution in [-0.2, 0) is 31.8 Å². The third-order valence-electron chi connectivity index (χ3n) is 8.06. The number of benzene rings is 4. The molecule has 0 radical (unpaired) electrons. The lowest BCUT2D eigenvalue weighted by atomic mass is 10.0. The lowest BCUT2D eigenvalue weighted by Gasteiger charge is -2.09. The Morgan fingerprint density at radius 3 is 2.10 bits per heavy atom. The summed E-state index contributed by atoms with van der Waals surface area (Å²) in [5, 5.41) is 17.9. The number of aliphatic carboxylic acids is 1. The maximum Gasteiger partial charge on any atom is 0.435 e. The largest absolute Gasteiger partial charge is 0.481 e. The summed E-state index contributed by atoms with van der Waals surface area (Å²) in [5.41, 5.74) is 5.74. The van der Waals surface area contributed by atoms with Crippen LogP contribution in [0.25, 0.3) is 34.2 Å². The zero-order chi connectivity index (χ0) is 37.2. The molecule has 0 aliphatic heterocycles. The Labute approximate surface area is 294 Å². The van der Waals surface area contributed by atoms with E-state index in [4.69, 9.17) is 10.2 Å². The van der Waals surface area contributed by atoms with Gasteiger partial charge < -0.3 is 5.11 Å². The smallest absolute Gasteiger partial charge is 0.435 e. The second kappa shape index (κ2) is 14.6.